The van der Waals surface area contributed by atoms with Gasteiger partial charge in [0.15, 0.2) is 0 Å². The molecular weight excluding hydrogens is 296 g/mol. The van der Waals surface area contributed by atoms with E-state index in [0.717, 1.165) is 0 Å². The van der Waals surface area contributed by atoms with Gasteiger partial charge in [-0.25, -0.2) is 0 Å². The van der Waals surface area contributed by atoms with Gasteiger partial charge >= 0.3 is 11.9 Å². The van der Waals surface area contributed by atoms with Gasteiger partial charge in [0.05, 0.1) is 0 Å². The highest BCUT2D eigenvalue weighted by molar-refractivity contribution is 5.72. The SMILES string of the molecule is CCC(=O)Oc1ccc(Oc2ccc(OC(=O)CC)cc2)cc1. The van der Waals surface area contributed by atoms with Crippen LogP contribution >= 0.6 is 0 Å². The minimum absolute atomic E-state index is 0.282. The number of carbonyl (C=O) groups is 2. The predicted octanol–water partition coefficient (Wildman–Crippen LogP) is 4.11. The summed E-state index contributed by atoms with van der Waals surface area (Å²) in [6.45, 7) is 3.47. The molecule has 2 aromatic carbocycles. The van der Waals surface area contributed by atoms with E-state index >= 15 is 0 Å². The Morgan fingerprint density at radius 2 is 0.957 bits per heavy atom. The fourth-order valence-electron chi connectivity index (χ4n) is 1.69. The topological polar surface area (TPSA) is 61.8 Å². The maximum absolute atomic E-state index is 11.2. The summed E-state index contributed by atoms with van der Waals surface area (Å²) in [5, 5.41) is 0. The third-order valence-electron chi connectivity index (χ3n) is 2.92. The molecule has 0 fully saturated rings. The van der Waals surface area contributed by atoms with Crippen LogP contribution in [0.25, 0.3) is 0 Å². The van der Waals surface area contributed by atoms with Gasteiger partial charge < -0.3 is 14.2 Å². The molecule has 0 atom stereocenters. The maximum atomic E-state index is 11.2. The van der Waals surface area contributed by atoms with Crippen molar-refractivity contribution in [3.05, 3.63) is 48.5 Å². The second-order valence-electron chi connectivity index (χ2n) is 4.70. The largest absolute Gasteiger partial charge is 0.457 e. The van der Waals surface area contributed by atoms with E-state index in [-0.39, 0.29) is 11.9 Å². The molecule has 0 aliphatic heterocycles. The van der Waals surface area contributed by atoms with Crippen molar-refractivity contribution in [3.63, 3.8) is 0 Å². The summed E-state index contributed by atoms with van der Waals surface area (Å²) >= 11 is 0. The van der Waals surface area contributed by atoms with Crippen LogP contribution in [0.4, 0.5) is 0 Å². The number of hydrogen-bond donors (Lipinski definition) is 0. The monoisotopic (exact) mass is 314 g/mol. The zero-order valence-corrected chi connectivity index (χ0v) is 13.1. The molecular formula is C18H18O5. The fraction of sp³-hybridized carbons (Fsp3) is 0.222. The van der Waals surface area contributed by atoms with Gasteiger partial charge in [0.25, 0.3) is 0 Å². The zero-order valence-electron chi connectivity index (χ0n) is 13.1. The third-order valence-corrected chi connectivity index (χ3v) is 2.92. The molecule has 0 spiro atoms. The molecule has 0 aliphatic carbocycles. The van der Waals surface area contributed by atoms with E-state index < -0.39 is 0 Å². The Morgan fingerprint density at radius 1 is 0.652 bits per heavy atom. The summed E-state index contributed by atoms with van der Waals surface area (Å²) in [4.78, 5) is 22.4. The van der Waals surface area contributed by atoms with Crippen molar-refractivity contribution < 1.29 is 23.8 Å². The molecule has 2 aromatic rings. The Bertz CT molecular complexity index is 599. The zero-order chi connectivity index (χ0) is 16.7. The van der Waals surface area contributed by atoms with E-state index in [9.17, 15) is 9.59 Å². The molecule has 0 radical (unpaired) electrons. The number of hydrogen-bond acceptors (Lipinski definition) is 5. The first-order valence-corrected chi connectivity index (χ1v) is 7.40. The first-order chi connectivity index (χ1) is 11.1. The normalized spacial score (nSPS) is 10.0. The lowest BCUT2D eigenvalue weighted by molar-refractivity contribution is -0.134. The van der Waals surface area contributed by atoms with Crippen LogP contribution in [-0.2, 0) is 9.59 Å². The molecule has 0 saturated heterocycles. The van der Waals surface area contributed by atoms with E-state index in [1.807, 2.05) is 0 Å². The third kappa shape index (κ3) is 5.14. The van der Waals surface area contributed by atoms with E-state index in [0.29, 0.717) is 35.8 Å². The molecule has 0 amide bonds. The Morgan fingerprint density at radius 3 is 1.26 bits per heavy atom. The average Bonchev–Trinajstić information content (AvgIpc) is 2.58. The standard InChI is InChI=1S/C18H18O5/c1-3-17(19)22-15-9-5-13(6-10-15)21-14-7-11-16(12-8-14)23-18(20)4-2/h5-12H,3-4H2,1-2H3. The molecule has 0 saturated carbocycles. The van der Waals surface area contributed by atoms with Gasteiger partial charge in [-0.1, -0.05) is 13.8 Å². The van der Waals surface area contributed by atoms with Gasteiger partial charge in [-0.05, 0) is 48.5 Å². The van der Waals surface area contributed by atoms with Crippen molar-refractivity contribution in [1.29, 1.82) is 0 Å². The lowest BCUT2D eigenvalue weighted by Gasteiger charge is -2.08. The van der Waals surface area contributed by atoms with Gasteiger partial charge in [0.2, 0.25) is 0 Å². The first-order valence-electron chi connectivity index (χ1n) is 7.40. The highest BCUT2D eigenvalue weighted by atomic mass is 16.5. The maximum Gasteiger partial charge on any atom is 0.310 e. The Hall–Kier alpha value is -2.82. The number of rotatable bonds is 6. The number of esters is 2. The quantitative estimate of drug-likeness (QED) is 0.593. The second kappa shape index (κ2) is 7.98. The van der Waals surface area contributed by atoms with E-state index in [4.69, 9.17) is 14.2 Å². The molecule has 23 heavy (non-hydrogen) atoms. The van der Waals surface area contributed by atoms with Gasteiger partial charge in [0.1, 0.15) is 23.0 Å². The average molecular weight is 314 g/mol. The summed E-state index contributed by atoms with van der Waals surface area (Å²) in [7, 11) is 0. The smallest absolute Gasteiger partial charge is 0.310 e. The summed E-state index contributed by atoms with van der Waals surface area (Å²) in [5.74, 6) is 1.61. The Kier molecular flexibility index (Phi) is 5.74. The van der Waals surface area contributed by atoms with Crippen LogP contribution in [-0.4, -0.2) is 11.9 Å². The predicted molar refractivity (Wildman–Crippen MR) is 84.8 cm³/mol. The fourth-order valence-corrected chi connectivity index (χ4v) is 1.69. The molecule has 5 heteroatoms. The lowest BCUT2D eigenvalue weighted by Crippen LogP contribution is -2.05. The van der Waals surface area contributed by atoms with Crippen LogP contribution in [0.3, 0.4) is 0 Å². The molecule has 0 bridgehead atoms. The molecule has 2 rings (SSSR count). The minimum Gasteiger partial charge on any atom is -0.457 e. The van der Waals surface area contributed by atoms with E-state index in [1.165, 1.54) is 0 Å². The molecule has 120 valence electrons. The molecule has 0 aromatic heterocycles. The summed E-state index contributed by atoms with van der Waals surface area (Å²) < 4.78 is 15.8. The summed E-state index contributed by atoms with van der Waals surface area (Å²) in [5.41, 5.74) is 0. The van der Waals surface area contributed by atoms with Gasteiger partial charge in [0, 0.05) is 12.8 Å². The van der Waals surface area contributed by atoms with Gasteiger partial charge in [-0.2, -0.15) is 0 Å². The van der Waals surface area contributed by atoms with Crippen LogP contribution < -0.4 is 14.2 Å². The molecule has 0 N–H and O–H groups in total. The molecule has 0 unspecified atom stereocenters. The van der Waals surface area contributed by atoms with Crippen molar-refractivity contribution >= 4 is 11.9 Å². The summed E-state index contributed by atoms with van der Waals surface area (Å²) in [6.07, 6.45) is 0.653. The first kappa shape index (κ1) is 16.5. The Labute approximate surface area is 134 Å². The second-order valence-corrected chi connectivity index (χ2v) is 4.70. The van der Waals surface area contributed by atoms with Crippen LogP contribution in [0.2, 0.25) is 0 Å². The van der Waals surface area contributed by atoms with E-state index in [2.05, 4.69) is 0 Å². The van der Waals surface area contributed by atoms with Gasteiger partial charge in [-0.15, -0.1) is 0 Å². The van der Waals surface area contributed by atoms with Gasteiger partial charge in [-0.3, -0.25) is 9.59 Å². The van der Waals surface area contributed by atoms with Crippen molar-refractivity contribution in [3.8, 4) is 23.0 Å². The van der Waals surface area contributed by atoms with Crippen LogP contribution in [0.1, 0.15) is 26.7 Å². The highest BCUT2D eigenvalue weighted by Gasteiger charge is 2.04. The van der Waals surface area contributed by atoms with Crippen LogP contribution in [0.15, 0.2) is 48.5 Å². The van der Waals surface area contributed by atoms with Crippen LogP contribution in [0.5, 0.6) is 23.0 Å². The number of carbonyl (C=O) groups excluding carboxylic acids is 2. The van der Waals surface area contributed by atoms with Crippen molar-refractivity contribution in [2.75, 3.05) is 0 Å². The summed E-state index contributed by atoms with van der Waals surface area (Å²) in [6, 6.07) is 13.5. The number of benzene rings is 2. The Balaban J connectivity index is 1.96. The van der Waals surface area contributed by atoms with E-state index in [1.54, 1.807) is 62.4 Å². The minimum atomic E-state index is -0.282. The molecule has 0 heterocycles. The van der Waals surface area contributed by atoms with Crippen molar-refractivity contribution in [2.24, 2.45) is 0 Å². The number of ether oxygens (including phenoxy) is 3. The van der Waals surface area contributed by atoms with Crippen LogP contribution in [0, 0.1) is 0 Å². The van der Waals surface area contributed by atoms with Crippen molar-refractivity contribution in [2.45, 2.75) is 26.7 Å². The lowest BCUT2D eigenvalue weighted by atomic mass is 10.3. The highest BCUT2D eigenvalue weighted by Crippen LogP contribution is 2.25. The van der Waals surface area contributed by atoms with Crippen molar-refractivity contribution in [1.82, 2.24) is 0 Å². The molecule has 5 nitrogen and oxygen atoms in total. The molecule has 0 aliphatic rings.